The summed E-state index contributed by atoms with van der Waals surface area (Å²) in [6.07, 6.45) is 5.91. The van der Waals surface area contributed by atoms with Gasteiger partial charge in [-0.05, 0) is 56.6 Å². The number of carbonyl (C=O) groups excluding carboxylic acids is 1. The molecule has 0 radical (unpaired) electrons. The Morgan fingerprint density at radius 3 is 2.29 bits per heavy atom. The van der Waals surface area contributed by atoms with Gasteiger partial charge < -0.3 is 4.90 Å². The van der Waals surface area contributed by atoms with E-state index in [4.69, 9.17) is 5.26 Å². The highest BCUT2D eigenvalue weighted by atomic mass is 16.2. The maximum atomic E-state index is 12.7. The average Bonchev–Trinajstić information content (AvgIpc) is 2.74. The van der Waals surface area contributed by atoms with Crippen molar-refractivity contribution in [3.8, 4) is 6.07 Å². The fourth-order valence-electron chi connectivity index (χ4n) is 3.38. The predicted molar refractivity (Wildman–Crippen MR) is 82.0 cm³/mol. The van der Waals surface area contributed by atoms with Gasteiger partial charge in [-0.3, -0.25) is 9.69 Å². The molecule has 2 saturated heterocycles. The maximum absolute atomic E-state index is 12.7. The maximum Gasteiger partial charge on any atom is 0.244 e. The number of nitrogens with zero attached hydrogens (tertiary/aromatic N) is 3. The van der Waals surface area contributed by atoms with Crippen molar-refractivity contribution < 1.29 is 4.79 Å². The lowest BCUT2D eigenvalue weighted by Gasteiger charge is -2.26. The Kier molecular flexibility index (Phi) is 4.21. The minimum absolute atomic E-state index is 0.0544. The van der Waals surface area contributed by atoms with Crippen LogP contribution in [0.3, 0.4) is 0 Å². The third kappa shape index (κ3) is 2.93. The Morgan fingerprint density at radius 2 is 1.67 bits per heavy atom. The second-order valence-electron chi connectivity index (χ2n) is 5.90. The van der Waals surface area contributed by atoms with Crippen molar-refractivity contribution in [2.45, 2.75) is 38.1 Å². The Morgan fingerprint density at radius 1 is 1.00 bits per heavy atom. The third-order valence-corrected chi connectivity index (χ3v) is 4.57. The lowest BCUT2D eigenvalue weighted by Crippen LogP contribution is -2.42. The Bertz CT molecular complexity index is 538. The quantitative estimate of drug-likeness (QED) is 0.838. The summed E-state index contributed by atoms with van der Waals surface area (Å²) in [7, 11) is 0. The van der Waals surface area contributed by atoms with Gasteiger partial charge in [0.05, 0.1) is 17.7 Å². The zero-order valence-corrected chi connectivity index (χ0v) is 12.3. The molecule has 1 atom stereocenters. The van der Waals surface area contributed by atoms with Gasteiger partial charge in [-0.25, -0.2) is 0 Å². The Labute approximate surface area is 126 Å². The summed E-state index contributed by atoms with van der Waals surface area (Å²) in [5, 5.41) is 8.85. The van der Waals surface area contributed by atoms with Crippen LogP contribution >= 0.6 is 0 Å². The van der Waals surface area contributed by atoms with Gasteiger partial charge in [0.15, 0.2) is 0 Å². The van der Waals surface area contributed by atoms with Crippen molar-refractivity contribution >= 4 is 11.6 Å². The van der Waals surface area contributed by atoms with Crippen LogP contribution < -0.4 is 4.90 Å². The molecule has 4 nitrogen and oxygen atoms in total. The molecule has 21 heavy (non-hydrogen) atoms. The van der Waals surface area contributed by atoms with Crippen LogP contribution in [0.1, 0.15) is 37.7 Å². The smallest absolute Gasteiger partial charge is 0.244 e. The molecule has 0 aromatic heterocycles. The van der Waals surface area contributed by atoms with Crippen molar-refractivity contribution in [3.05, 3.63) is 29.8 Å². The van der Waals surface area contributed by atoms with Crippen LogP contribution in [0.15, 0.2) is 24.3 Å². The summed E-state index contributed by atoms with van der Waals surface area (Å²) in [4.78, 5) is 16.9. The van der Waals surface area contributed by atoms with E-state index in [1.807, 2.05) is 17.0 Å². The van der Waals surface area contributed by atoms with Gasteiger partial charge in [0.1, 0.15) is 0 Å². The van der Waals surface area contributed by atoms with Crippen LogP contribution in [0.4, 0.5) is 5.69 Å². The van der Waals surface area contributed by atoms with Crippen LogP contribution in [0, 0.1) is 11.3 Å². The molecule has 2 aliphatic heterocycles. The number of anilines is 1. The molecule has 110 valence electrons. The molecule has 2 aliphatic rings. The summed E-state index contributed by atoms with van der Waals surface area (Å²) in [6, 6.07) is 9.48. The highest BCUT2D eigenvalue weighted by Crippen LogP contribution is 2.26. The van der Waals surface area contributed by atoms with Crippen LogP contribution in [-0.2, 0) is 4.79 Å². The second kappa shape index (κ2) is 6.28. The number of rotatable bonds is 2. The SMILES string of the molecule is N#Cc1ccc(N2CC[C@H](N3CCCCCC3)C2=O)cc1. The summed E-state index contributed by atoms with van der Waals surface area (Å²) >= 11 is 0. The molecule has 0 spiro atoms. The minimum atomic E-state index is 0.0544. The molecule has 4 heteroatoms. The predicted octanol–water partition coefficient (Wildman–Crippen LogP) is 2.54. The van der Waals surface area contributed by atoms with Gasteiger partial charge in [-0.2, -0.15) is 5.26 Å². The van der Waals surface area contributed by atoms with Crippen LogP contribution in [0.25, 0.3) is 0 Å². The van der Waals surface area contributed by atoms with Gasteiger partial charge >= 0.3 is 0 Å². The first-order valence-corrected chi connectivity index (χ1v) is 7.85. The molecule has 2 fully saturated rings. The van der Waals surface area contributed by atoms with Gasteiger partial charge in [0.2, 0.25) is 5.91 Å². The topological polar surface area (TPSA) is 47.3 Å². The lowest BCUT2D eigenvalue weighted by molar-refractivity contribution is -0.121. The van der Waals surface area contributed by atoms with E-state index in [2.05, 4.69) is 11.0 Å². The lowest BCUT2D eigenvalue weighted by atomic mass is 10.2. The van der Waals surface area contributed by atoms with Gasteiger partial charge in [0.25, 0.3) is 0 Å². The van der Waals surface area contributed by atoms with E-state index in [9.17, 15) is 4.79 Å². The third-order valence-electron chi connectivity index (χ3n) is 4.57. The van der Waals surface area contributed by atoms with Gasteiger partial charge in [-0.1, -0.05) is 12.8 Å². The summed E-state index contributed by atoms with van der Waals surface area (Å²) in [5.41, 5.74) is 1.55. The molecular formula is C17H21N3O. The molecule has 2 heterocycles. The molecule has 0 bridgehead atoms. The normalized spacial score (nSPS) is 23.9. The second-order valence-corrected chi connectivity index (χ2v) is 5.90. The van der Waals surface area contributed by atoms with E-state index in [1.165, 1.54) is 25.7 Å². The molecule has 0 unspecified atom stereocenters. The zero-order valence-electron chi connectivity index (χ0n) is 12.3. The minimum Gasteiger partial charge on any atom is -0.311 e. The molecule has 3 rings (SSSR count). The molecule has 0 saturated carbocycles. The Balaban J connectivity index is 1.71. The molecule has 0 N–H and O–H groups in total. The number of benzene rings is 1. The van der Waals surface area contributed by atoms with Crippen LogP contribution in [-0.4, -0.2) is 36.5 Å². The fourth-order valence-corrected chi connectivity index (χ4v) is 3.38. The first-order chi connectivity index (χ1) is 10.3. The Hall–Kier alpha value is -1.86. The van der Waals surface area contributed by atoms with E-state index >= 15 is 0 Å². The number of nitriles is 1. The van der Waals surface area contributed by atoms with Crippen molar-refractivity contribution in [3.63, 3.8) is 0 Å². The van der Waals surface area contributed by atoms with Crippen molar-refractivity contribution in [2.24, 2.45) is 0 Å². The van der Waals surface area contributed by atoms with E-state index < -0.39 is 0 Å². The van der Waals surface area contributed by atoms with Crippen molar-refractivity contribution in [1.82, 2.24) is 4.90 Å². The summed E-state index contributed by atoms with van der Waals surface area (Å²) in [6.45, 7) is 2.89. The fraction of sp³-hybridized carbons (Fsp3) is 0.529. The van der Waals surface area contributed by atoms with E-state index in [-0.39, 0.29) is 11.9 Å². The highest BCUT2D eigenvalue weighted by Gasteiger charge is 2.36. The number of hydrogen-bond acceptors (Lipinski definition) is 3. The van der Waals surface area contributed by atoms with Crippen LogP contribution in [0.5, 0.6) is 0 Å². The molecule has 1 aromatic rings. The van der Waals surface area contributed by atoms with Crippen LogP contribution in [0.2, 0.25) is 0 Å². The first-order valence-electron chi connectivity index (χ1n) is 7.85. The molecule has 0 aliphatic carbocycles. The number of hydrogen-bond donors (Lipinski definition) is 0. The van der Waals surface area contributed by atoms with Crippen molar-refractivity contribution in [2.75, 3.05) is 24.5 Å². The number of carbonyl (C=O) groups is 1. The summed E-state index contributed by atoms with van der Waals surface area (Å²) < 4.78 is 0. The highest BCUT2D eigenvalue weighted by molar-refractivity contribution is 5.99. The van der Waals surface area contributed by atoms with Gasteiger partial charge in [0, 0.05) is 12.2 Å². The zero-order chi connectivity index (χ0) is 14.7. The largest absolute Gasteiger partial charge is 0.311 e. The number of likely N-dealkylation sites (tertiary alicyclic amines) is 1. The van der Waals surface area contributed by atoms with Gasteiger partial charge in [-0.15, -0.1) is 0 Å². The van der Waals surface area contributed by atoms with E-state index in [0.29, 0.717) is 5.56 Å². The molecule has 1 amide bonds. The van der Waals surface area contributed by atoms with Crippen molar-refractivity contribution in [1.29, 1.82) is 5.26 Å². The molecular weight excluding hydrogens is 262 g/mol. The standard InChI is InChI=1S/C17H21N3O/c18-13-14-5-7-15(8-6-14)20-12-9-16(17(20)21)19-10-3-1-2-4-11-19/h5-8,16H,1-4,9-12H2/t16-/m0/s1. The monoisotopic (exact) mass is 283 g/mol. The number of amides is 1. The first kappa shape index (κ1) is 14.1. The molecule has 1 aromatic carbocycles. The van der Waals surface area contributed by atoms with E-state index in [1.54, 1.807) is 12.1 Å². The average molecular weight is 283 g/mol. The summed E-state index contributed by atoms with van der Waals surface area (Å²) in [5.74, 6) is 0.224. The van der Waals surface area contributed by atoms with E-state index in [0.717, 1.165) is 31.7 Å².